The summed E-state index contributed by atoms with van der Waals surface area (Å²) in [5, 5.41) is 3.80. The average Bonchev–Trinajstić information content (AvgIpc) is 2.99. The molecule has 1 aromatic carbocycles. The summed E-state index contributed by atoms with van der Waals surface area (Å²) in [7, 11) is 0. The molecule has 8 heteroatoms. The number of nitrogens with two attached hydrogens (primary N) is 1. The van der Waals surface area contributed by atoms with E-state index >= 15 is 0 Å². The van der Waals surface area contributed by atoms with Crippen LogP contribution in [0.4, 0.5) is 4.39 Å². The van der Waals surface area contributed by atoms with Crippen molar-refractivity contribution in [1.82, 2.24) is 14.7 Å². The Morgan fingerprint density at radius 2 is 1.96 bits per heavy atom. The van der Waals surface area contributed by atoms with Crippen LogP contribution in [0.3, 0.4) is 0 Å². The van der Waals surface area contributed by atoms with E-state index in [1.807, 2.05) is 0 Å². The van der Waals surface area contributed by atoms with Gasteiger partial charge in [-0.2, -0.15) is 4.98 Å². The second-order valence-electron chi connectivity index (χ2n) is 4.73. The Hall–Kier alpha value is -3.29. The fourth-order valence-electron chi connectivity index (χ4n) is 2.07. The number of benzene rings is 1. The van der Waals surface area contributed by atoms with Crippen LogP contribution in [0.25, 0.3) is 23.0 Å². The first-order valence-corrected chi connectivity index (χ1v) is 6.63. The van der Waals surface area contributed by atoms with Crippen LogP contribution in [-0.4, -0.2) is 20.6 Å². The quantitative estimate of drug-likeness (QED) is 0.779. The Labute approximate surface area is 129 Å². The molecule has 0 unspecified atom stereocenters. The highest BCUT2D eigenvalue weighted by atomic mass is 19.1. The van der Waals surface area contributed by atoms with Crippen LogP contribution in [0, 0.1) is 5.82 Å². The molecular weight excluding hydrogens is 303 g/mol. The minimum absolute atomic E-state index is 0.0586. The van der Waals surface area contributed by atoms with Gasteiger partial charge in [0.25, 0.3) is 11.4 Å². The predicted molar refractivity (Wildman–Crippen MR) is 78.6 cm³/mol. The molecule has 3 rings (SSSR count). The Kier molecular flexibility index (Phi) is 3.71. The molecule has 2 aromatic heterocycles. The van der Waals surface area contributed by atoms with Crippen molar-refractivity contribution < 1.29 is 13.7 Å². The van der Waals surface area contributed by atoms with Crippen molar-refractivity contribution in [3.05, 3.63) is 58.6 Å². The number of primary amides is 1. The third-order valence-electron chi connectivity index (χ3n) is 3.11. The molecular formula is C15H11FN4O3. The summed E-state index contributed by atoms with van der Waals surface area (Å²) in [6, 6.07) is 9.93. The van der Waals surface area contributed by atoms with Crippen LogP contribution < -0.4 is 11.3 Å². The highest BCUT2D eigenvalue weighted by molar-refractivity contribution is 5.74. The van der Waals surface area contributed by atoms with E-state index in [0.717, 1.165) is 4.57 Å². The molecule has 0 aliphatic carbocycles. The molecule has 2 heterocycles. The van der Waals surface area contributed by atoms with Gasteiger partial charge in [0.1, 0.15) is 18.1 Å². The summed E-state index contributed by atoms with van der Waals surface area (Å²) in [6.07, 6.45) is 0. The first-order valence-electron chi connectivity index (χ1n) is 6.63. The molecule has 3 aromatic rings. The Balaban J connectivity index is 2.04. The van der Waals surface area contributed by atoms with Crippen LogP contribution in [0.2, 0.25) is 0 Å². The monoisotopic (exact) mass is 314 g/mol. The van der Waals surface area contributed by atoms with Crippen LogP contribution >= 0.6 is 0 Å². The van der Waals surface area contributed by atoms with Crippen LogP contribution in [0.15, 0.2) is 51.8 Å². The van der Waals surface area contributed by atoms with Gasteiger partial charge in [0, 0.05) is 11.6 Å². The van der Waals surface area contributed by atoms with E-state index in [0.29, 0.717) is 5.56 Å². The molecule has 0 saturated heterocycles. The number of halogens is 1. The molecule has 0 spiro atoms. The Morgan fingerprint density at radius 1 is 1.22 bits per heavy atom. The zero-order chi connectivity index (χ0) is 16.4. The first-order chi connectivity index (χ1) is 11.0. The van der Waals surface area contributed by atoms with E-state index in [1.54, 1.807) is 6.07 Å². The molecule has 23 heavy (non-hydrogen) atoms. The average molecular weight is 314 g/mol. The summed E-state index contributed by atoms with van der Waals surface area (Å²) in [4.78, 5) is 27.2. The van der Waals surface area contributed by atoms with Gasteiger partial charge in [0.15, 0.2) is 0 Å². The van der Waals surface area contributed by atoms with Crippen molar-refractivity contribution in [2.45, 2.75) is 6.54 Å². The topological polar surface area (TPSA) is 104 Å². The molecule has 0 bridgehead atoms. The summed E-state index contributed by atoms with van der Waals surface area (Å²) < 4.78 is 19.2. The lowest BCUT2D eigenvalue weighted by Gasteiger charge is -2.06. The summed E-state index contributed by atoms with van der Waals surface area (Å²) in [5.41, 5.74) is 5.57. The number of hydrogen-bond acceptors (Lipinski definition) is 5. The second-order valence-corrected chi connectivity index (χ2v) is 4.73. The summed E-state index contributed by atoms with van der Waals surface area (Å²) in [5.74, 6) is -0.751. The van der Waals surface area contributed by atoms with E-state index in [2.05, 4.69) is 10.1 Å². The zero-order valence-electron chi connectivity index (χ0n) is 11.8. The van der Waals surface area contributed by atoms with Crippen molar-refractivity contribution in [2.24, 2.45) is 5.73 Å². The molecule has 116 valence electrons. The smallest absolute Gasteiger partial charge is 0.274 e. The molecule has 0 saturated carbocycles. The lowest BCUT2D eigenvalue weighted by atomic mass is 10.2. The zero-order valence-corrected chi connectivity index (χ0v) is 11.8. The first kappa shape index (κ1) is 14.6. The minimum atomic E-state index is -0.669. The Morgan fingerprint density at radius 3 is 2.65 bits per heavy atom. The predicted octanol–water partition coefficient (Wildman–Crippen LogP) is 1.19. The lowest BCUT2D eigenvalue weighted by molar-refractivity contribution is -0.118. The number of carbonyl (C=O) groups is 1. The van der Waals surface area contributed by atoms with Gasteiger partial charge in [-0.3, -0.25) is 14.2 Å². The molecule has 0 aliphatic rings. The standard InChI is InChI=1S/C15H11FN4O3/c16-10-6-4-9(5-7-10)14-18-15(23-19-14)11-2-1-3-13(22)20(11)8-12(17)21/h1-7H,8H2,(H2,17,21). The largest absolute Gasteiger partial charge is 0.368 e. The number of pyridine rings is 1. The van der Waals surface area contributed by atoms with Crippen molar-refractivity contribution in [3.63, 3.8) is 0 Å². The van der Waals surface area contributed by atoms with E-state index in [-0.39, 0.29) is 29.8 Å². The van der Waals surface area contributed by atoms with Crippen molar-refractivity contribution >= 4 is 5.91 Å². The molecule has 7 nitrogen and oxygen atoms in total. The lowest BCUT2D eigenvalue weighted by Crippen LogP contribution is -2.28. The molecule has 1 amide bonds. The number of amides is 1. The van der Waals surface area contributed by atoms with E-state index in [4.69, 9.17) is 10.3 Å². The van der Waals surface area contributed by atoms with Gasteiger partial charge in [-0.25, -0.2) is 4.39 Å². The van der Waals surface area contributed by atoms with Gasteiger partial charge in [-0.15, -0.1) is 0 Å². The van der Waals surface area contributed by atoms with Gasteiger partial charge in [0.05, 0.1) is 0 Å². The molecule has 0 fully saturated rings. The Bertz CT molecular complexity index is 915. The van der Waals surface area contributed by atoms with E-state index in [1.165, 1.54) is 36.4 Å². The third-order valence-corrected chi connectivity index (χ3v) is 3.11. The number of hydrogen-bond donors (Lipinski definition) is 1. The van der Waals surface area contributed by atoms with Gasteiger partial charge >= 0.3 is 0 Å². The van der Waals surface area contributed by atoms with Gasteiger partial charge in [-0.05, 0) is 30.3 Å². The van der Waals surface area contributed by atoms with E-state index < -0.39 is 11.5 Å². The fraction of sp³-hybridized carbons (Fsp3) is 0.0667. The highest BCUT2D eigenvalue weighted by Gasteiger charge is 2.15. The SMILES string of the molecule is NC(=O)Cn1c(-c2nc(-c3ccc(F)cc3)no2)cccc1=O. The minimum Gasteiger partial charge on any atom is -0.368 e. The number of aromatic nitrogens is 3. The van der Waals surface area contributed by atoms with Crippen molar-refractivity contribution in [1.29, 1.82) is 0 Å². The van der Waals surface area contributed by atoms with Crippen molar-refractivity contribution in [3.8, 4) is 23.0 Å². The normalized spacial score (nSPS) is 10.7. The van der Waals surface area contributed by atoms with E-state index in [9.17, 15) is 14.0 Å². The second kappa shape index (κ2) is 5.84. The maximum atomic E-state index is 12.9. The number of carbonyl (C=O) groups excluding carboxylic acids is 1. The maximum absolute atomic E-state index is 12.9. The maximum Gasteiger partial charge on any atom is 0.274 e. The fourth-order valence-corrected chi connectivity index (χ4v) is 2.07. The summed E-state index contributed by atoms with van der Waals surface area (Å²) >= 11 is 0. The third kappa shape index (κ3) is 3.00. The highest BCUT2D eigenvalue weighted by Crippen LogP contribution is 2.21. The number of nitrogens with zero attached hydrogens (tertiary/aromatic N) is 3. The van der Waals surface area contributed by atoms with Crippen molar-refractivity contribution in [2.75, 3.05) is 0 Å². The molecule has 0 radical (unpaired) electrons. The van der Waals surface area contributed by atoms with Gasteiger partial charge in [0.2, 0.25) is 11.7 Å². The van der Waals surface area contributed by atoms with Gasteiger partial charge < -0.3 is 10.3 Å². The van der Waals surface area contributed by atoms with Crippen LogP contribution in [0.5, 0.6) is 0 Å². The summed E-state index contributed by atoms with van der Waals surface area (Å²) in [6.45, 7) is -0.302. The van der Waals surface area contributed by atoms with Crippen LogP contribution in [0.1, 0.15) is 0 Å². The molecule has 0 atom stereocenters. The number of rotatable bonds is 4. The van der Waals surface area contributed by atoms with Gasteiger partial charge in [-0.1, -0.05) is 11.2 Å². The molecule has 2 N–H and O–H groups in total. The molecule has 0 aliphatic heterocycles. The van der Waals surface area contributed by atoms with Crippen LogP contribution in [-0.2, 0) is 11.3 Å².